The molecule has 162 valence electrons. The second-order valence-electron chi connectivity index (χ2n) is 7.08. The van der Waals surface area contributed by atoms with Gasteiger partial charge in [0.25, 0.3) is 0 Å². The highest BCUT2D eigenvalue weighted by atomic mass is 35.5. The largest absolute Gasteiger partial charge is 0.494 e. The Hall–Kier alpha value is -2.58. The molecule has 3 aromatic rings. The molecule has 0 bridgehead atoms. The fourth-order valence-corrected chi connectivity index (χ4v) is 4.59. The summed E-state index contributed by atoms with van der Waals surface area (Å²) in [6.07, 6.45) is 2.43. The van der Waals surface area contributed by atoms with Crippen LogP contribution in [0.5, 0.6) is 5.75 Å². The van der Waals surface area contributed by atoms with E-state index in [-0.39, 0.29) is 10.9 Å². The number of anilines is 2. The van der Waals surface area contributed by atoms with Crippen molar-refractivity contribution in [3.63, 3.8) is 0 Å². The molecule has 2 aromatic carbocycles. The number of aromatic nitrogens is 2. The number of benzene rings is 2. The van der Waals surface area contributed by atoms with Crippen LogP contribution >= 0.6 is 23.4 Å². The second-order valence-corrected chi connectivity index (χ2v) is 8.56. The molecule has 9 heteroatoms. The summed E-state index contributed by atoms with van der Waals surface area (Å²) >= 11 is 7.67. The number of halogens is 2. The predicted molar refractivity (Wildman–Crippen MR) is 123 cm³/mol. The molecule has 0 unspecified atom stereocenters. The first kappa shape index (κ1) is 21.6. The number of fused-ring (bicyclic) bond motifs is 1. The van der Waals surface area contributed by atoms with E-state index in [9.17, 15) is 9.18 Å². The van der Waals surface area contributed by atoms with Gasteiger partial charge in [0.1, 0.15) is 23.7 Å². The molecule has 0 atom stereocenters. The minimum atomic E-state index is -0.482. The highest BCUT2D eigenvalue weighted by Crippen LogP contribution is 2.31. The fourth-order valence-electron chi connectivity index (χ4n) is 3.43. The zero-order valence-corrected chi connectivity index (χ0v) is 18.6. The Morgan fingerprint density at radius 3 is 2.94 bits per heavy atom. The van der Waals surface area contributed by atoms with Crippen molar-refractivity contribution in [2.45, 2.75) is 19.8 Å². The third-order valence-electron chi connectivity index (χ3n) is 5.01. The molecular formula is C22H22ClFN4O2S. The average Bonchev–Trinajstić information content (AvgIpc) is 3.30. The lowest BCUT2D eigenvalue weighted by atomic mass is 10.0. The Morgan fingerprint density at radius 2 is 2.19 bits per heavy atom. The number of ether oxygens (including phenoxy) is 1. The van der Waals surface area contributed by atoms with Gasteiger partial charge in [-0.15, -0.1) is 11.8 Å². The number of nitrogens with one attached hydrogen (secondary N) is 1. The smallest absolute Gasteiger partial charge is 0.223 e. The zero-order chi connectivity index (χ0) is 21.8. The van der Waals surface area contributed by atoms with Crippen molar-refractivity contribution < 1.29 is 13.9 Å². The molecule has 4 rings (SSSR count). The lowest BCUT2D eigenvalue weighted by molar-refractivity contribution is -0.129. The van der Waals surface area contributed by atoms with Gasteiger partial charge in [0.15, 0.2) is 0 Å². The van der Waals surface area contributed by atoms with E-state index in [4.69, 9.17) is 16.3 Å². The standard InChI is InChI=1S/C22H22ClFN4O2S/c1-2-30-20-11-19-16(9-14(20)3-6-21(29)28-7-8-31-13-28)22(26-12-25-19)27-15-4-5-18(24)17(23)10-15/h4-5,9-12H,2-3,6-8,13H2,1H3,(H,25,26,27). The topological polar surface area (TPSA) is 67.4 Å². The van der Waals surface area contributed by atoms with Crippen molar-refractivity contribution in [2.24, 2.45) is 0 Å². The maximum atomic E-state index is 13.5. The third kappa shape index (κ3) is 5.02. The van der Waals surface area contributed by atoms with Crippen LogP contribution in [0.2, 0.25) is 5.02 Å². The van der Waals surface area contributed by atoms with Crippen molar-refractivity contribution >= 4 is 51.7 Å². The van der Waals surface area contributed by atoms with E-state index in [1.807, 2.05) is 24.0 Å². The van der Waals surface area contributed by atoms with Gasteiger partial charge in [-0.05, 0) is 43.2 Å². The summed E-state index contributed by atoms with van der Waals surface area (Å²) < 4.78 is 19.3. The van der Waals surface area contributed by atoms with Gasteiger partial charge >= 0.3 is 0 Å². The summed E-state index contributed by atoms with van der Waals surface area (Å²) in [6.45, 7) is 3.24. The maximum Gasteiger partial charge on any atom is 0.223 e. The Morgan fingerprint density at radius 1 is 1.32 bits per heavy atom. The lowest BCUT2D eigenvalue weighted by Crippen LogP contribution is -2.27. The predicted octanol–water partition coefficient (Wildman–Crippen LogP) is 5.03. The van der Waals surface area contributed by atoms with E-state index in [1.54, 1.807) is 17.8 Å². The van der Waals surface area contributed by atoms with E-state index < -0.39 is 5.82 Å². The summed E-state index contributed by atoms with van der Waals surface area (Å²) in [7, 11) is 0. The van der Waals surface area contributed by atoms with Crippen molar-refractivity contribution in [2.75, 3.05) is 30.1 Å². The van der Waals surface area contributed by atoms with Crippen LogP contribution in [0.25, 0.3) is 10.9 Å². The van der Waals surface area contributed by atoms with Gasteiger partial charge in [-0.1, -0.05) is 11.6 Å². The Labute approximate surface area is 189 Å². The van der Waals surface area contributed by atoms with E-state index >= 15 is 0 Å². The zero-order valence-electron chi connectivity index (χ0n) is 17.0. The molecular weight excluding hydrogens is 439 g/mol. The molecule has 1 saturated heterocycles. The average molecular weight is 461 g/mol. The third-order valence-corrected chi connectivity index (χ3v) is 6.27. The Kier molecular flexibility index (Phi) is 6.77. The number of rotatable bonds is 7. The summed E-state index contributed by atoms with van der Waals surface area (Å²) in [5.41, 5.74) is 2.24. The first-order valence-electron chi connectivity index (χ1n) is 10.0. The molecule has 0 saturated carbocycles. The van der Waals surface area contributed by atoms with Crippen LogP contribution in [-0.2, 0) is 11.2 Å². The quantitative estimate of drug-likeness (QED) is 0.533. The van der Waals surface area contributed by atoms with E-state index in [0.717, 1.165) is 29.1 Å². The van der Waals surface area contributed by atoms with Crippen molar-refractivity contribution in [1.82, 2.24) is 14.9 Å². The monoisotopic (exact) mass is 460 g/mol. The van der Waals surface area contributed by atoms with Gasteiger partial charge in [0.2, 0.25) is 5.91 Å². The molecule has 1 amide bonds. The van der Waals surface area contributed by atoms with Crippen LogP contribution in [0, 0.1) is 5.82 Å². The summed E-state index contributed by atoms with van der Waals surface area (Å²) in [4.78, 5) is 23.1. The van der Waals surface area contributed by atoms with E-state index in [2.05, 4.69) is 15.3 Å². The van der Waals surface area contributed by atoms with Gasteiger partial charge in [-0.25, -0.2) is 14.4 Å². The van der Waals surface area contributed by atoms with Gasteiger partial charge < -0.3 is 15.0 Å². The maximum absolute atomic E-state index is 13.5. The molecule has 2 heterocycles. The molecule has 6 nitrogen and oxygen atoms in total. The van der Waals surface area contributed by atoms with E-state index in [1.165, 1.54) is 18.5 Å². The molecule has 0 spiro atoms. The highest BCUT2D eigenvalue weighted by Gasteiger charge is 2.19. The van der Waals surface area contributed by atoms with E-state index in [0.29, 0.717) is 42.2 Å². The van der Waals surface area contributed by atoms with Crippen LogP contribution < -0.4 is 10.1 Å². The highest BCUT2D eigenvalue weighted by molar-refractivity contribution is 7.99. The van der Waals surface area contributed by atoms with Crippen LogP contribution in [0.1, 0.15) is 18.9 Å². The number of thioether (sulfide) groups is 1. The van der Waals surface area contributed by atoms with Gasteiger partial charge in [0.05, 0.1) is 23.0 Å². The summed E-state index contributed by atoms with van der Waals surface area (Å²) in [6, 6.07) is 8.23. The number of hydrogen-bond donors (Lipinski definition) is 1. The van der Waals surface area contributed by atoms with Crippen LogP contribution in [-0.4, -0.2) is 45.6 Å². The summed E-state index contributed by atoms with van der Waals surface area (Å²) in [5, 5.41) is 3.99. The lowest BCUT2D eigenvalue weighted by Gasteiger charge is -2.16. The normalized spacial score (nSPS) is 13.6. The minimum Gasteiger partial charge on any atom is -0.494 e. The second kappa shape index (κ2) is 9.70. The molecule has 0 aliphatic carbocycles. The van der Waals surface area contributed by atoms with Gasteiger partial charge in [-0.3, -0.25) is 4.79 Å². The van der Waals surface area contributed by atoms with Gasteiger partial charge in [-0.2, -0.15) is 0 Å². The number of amides is 1. The number of carbonyl (C=O) groups excluding carboxylic acids is 1. The fraction of sp³-hybridized carbons (Fsp3) is 0.318. The SMILES string of the molecule is CCOc1cc2ncnc(Nc3ccc(F)c(Cl)c3)c2cc1CCC(=O)N1CCSC1. The van der Waals surface area contributed by atoms with Crippen LogP contribution in [0.3, 0.4) is 0 Å². The molecule has 0 radical (unpaired) electrons. The van der Waals surface area contributed by atoms with Crippen molar-refractivity contribution in [3.8, 4) is 5.75 Å². The number of hydrogen-bond acceptors (Lipinski definition) is 6. The molecule has 1 aliphatic heterocycles. The Balaban J connectivity index is 1.64. The first-order chi connectivity index (χ1) is 15.0. The minimum absolute atomic E-state index is 0.0290. The first-order valence-corrected chi connectivity index (χ1v) is 11.6. The number of aryl methyl sites for hydroxylation is 1. The Bertz CT molecular complexity index is 1110. The molecule has 31 heavy (non-hydrogen) atoms. The number of carbonyl (C=O) groups is 1. The molecule has 1 aliphatic rings. The summed E-state index contributed by atoms with van der Waals surface area (Å²) in [5.74, 6) is 2.70. The van der Waals surface area contributed by atoms with Gasteiger partial charge in [0, 0.05) is 35.9 Å². The van der Waals surface area contributed by atoms with Crippen LogP contribution in [0.4, 0.5) is 15.9 Å². The molecule has 1 fully saturated rings. The van der Waals surface area contributed by atoms with Crippen molar-refractivity contribution in [1.29, 1.82) is 0 Å². The van der Waals surface area contributed by atoms with Crippen LogP contribution in [0.15, 0.2) is 36.7 Å². The van der Waals surface area contributed by atoms with Crippen molar-refractivity contribution in [3.05, 3.63) is 53.1 Å². The molecule has 1 N–H and O–H groups in total. The number of nitrogens with zero attached hydrogens (tertiary/aromatic N) is 3. The molecule has 1 aromatic heterocycles.